The molecule has 0 atom stereocenters. The lowest BCUT2D eigenvalue weighted by Crippen LogP contribution is -2.37. The van der Waals surface area contributed by atoms with Gasteiger partial charge in [0, 0.05) is 24.1 Å². The van der Waals surface area contributed by atoms with Crippen LogP contribution >= 0.6 is 0 Å². The summed E-state index contributed by atoms with van der Waals surface area (Å²) in [5, 5.41) is 15.6. The summed E-state index contributed by atoms with van der Waals surface area (Å²) in [6.07, 6.45) is 1.94. The Kier molecular flexibility index (Phi) is 2.02. The molecule has 16 heavy (non-hydrogen) atoms. The summed E-state index contributed by atoms with van der Waals surface area (Å²) in [4.78, 5) is 11.0. The monoisotopic (exact) mass is 224 g/mol. The predicted molar refractivity (Wildman–Crippen MR) is 52.2 cm³/mol. The highest BCUT2D eigenvalue weighted by Crippen LogP contribution is 2.35. The molecule has 2 N–H and O–H groups in total. The molecule has 1 saturated heterocycles. The smallest absolute Gasteiger partial charge is 0.356 e. The summed E-state index contributed by atoms with van der Waals surface area (Å²) in [5.41, 5.74) is 1.70. The lowest BCUT2D eigenvalue weighted by atomic mass is 9.90. The van der Waals surface area contributed by atoms with E-state index in [1.807, 2.05) is 0 Å². The Morgan fingerprint density at radius 3 is 2.88 bits per heavy atom. The van der Waals surface area contributed by atoms with Crippen molar-refractivity contribution in [2.45, 2.75) is 25.0 Å². The van der Waals surface area contributed by atoms with E-state index in [-0.39, 0.29) is 5.69 Å². The number of carboxylic acid groups (broad SMARTS) is 1. The van der Waals surface area contributed by atoms with Crippen molar-refractivity contribution in [3.8, 4) is 0 Å². The third-order valence-electron chi connectivity index (χ3n) is 3.17. The van der Waals surface area contributed by atoms with Crippen LogP contribution in [0.2, 0.25) is 0 Å². The molecule has 2 aliphatic rings. The number of carboxylic acids is 1. The van der Waals surface area contributed by atoms with Crippen LogP contribution in [0, 0.1) is 0 Å². The molecule has 1 aliphatic heterocycles. The van der Waals surface area contributed by atoms with Crippen molar-refractivity contribution >= 4 is 5.97 Å². The van der Waals surface area contributed by atoms with Gasteiger partial charge in [0.1, 0.15) is 0 Å². The van der Waals surface area contributed by atoms with E-state index < -0.39 is 11.8 Å². The van der Waals surface area contributed by atoms with Gasteiger partial charge in [-0.15, -0.1) is 0 Å². The Balaban J connectivity index is 1.97. The zero-order chi connectivity index (χ0) is 11.2. The number of rotatable bonds is 1. The van der Waals surface area contributed by atoms with E-state index in [2.05, 4.69) is 10.2 Å². The zero-order valence-corrected chi connectivity index (χ0v) is 8.65. The van der Waals surface area contributed by atoms with Crippen molar-refractivity contribution in [3.63, 3.8) is 0 Å². The molecule has 1 spiro atoms. The number of aromatic amines is 1. The fourth-order valence-corrected chi connectivity index (χ4v) is 2.39. The quantitative estimate of drug-likeness (QED) is 0.718. The summed E-state index contributed by atoms with van der Waals surface area (Å²) in [6, 6.07) is 0. The van der Waals surface area contributed by atoms with Gasteiger partial charge in [-0.2, -0.15) is 5.10 Å². The van der Waals surface area contributed by atoms with Crippen LogP contribution in [-0.2, 0) is 22.3 Å². The van der Waals surface area contributed by atoms with Crippen LogP contribution in [0.15, 0.2) is 0 Å². The second kappa shape index (κ2) is 3.29. The van der Waals surface area contributed by atoms with Crippen LogP contribution in [0.1, 0.15) is 28.2 Å². The van der Waals surface area contributed by atoms with Crippen molar-refractivity contribution in [1.29, 1.82) is 0 Å². The number of hydrogen-bond acceptors (Lipinski definition) is 4. The fourth-order valence-electron chi connectivity index (χ4n) is 2.39. The summed E-state index contributed by atoms with van der Waals surface area (Å²) in [6.45, 7) is 1.16. The van der Waals surface area contributed by atoms with Gasteiger partial charge in [-0.25, -0.2) is 4.79 Å². The van der Waals surface area contributed by atoms with Gasteiger partial charge in [0.05, 0.1) is 13.2 Å². The van der Waals surface area contributed by atoms with E-state index in [1.54, 1.807) is 0 Å². The number of aromatic carboxylic acids is 1. The molecule has 0 amide bonds. The minimum Gasteiger partial charge on any atom is -0.476 e. The molecule has 86 valence electrons. The number of aromatic nitrogens is 2. The van der Waals surface area contributed by atoms with Crippen molar-refractivity contribution in [2.24, 2.45) is 0 Å². The first-order chi connectivity index (χ1) is 7.70. The number of hydrogen-bond donors (Lipinski definition) is 2. The van der Waals surface area contributed by atoms with Crippen LogP contribution in [0.5, 0.6) is 0 Å². The molecule has 2 heterocycles. The molecule has 3 rings (SSSR count). The highest BCUT2D eigenvalue weighted by atomic mass is 16.7. The van der Waals surface area contributed by atoms with E-state index in [1.165, 1.54) is 0 Å². The number of H-pyrrole nitrogens is 1. The molecule has 6 nitrogen and oxygen atoms in total. The maximum atomic E-state index is 11.0. The van der Waals surface area contributed by atoms with E-state index in [0.717, 1.165) is 24.1 Å². The van der Waals surface area contributed by atoms with Crippen LogP contribution in [0.3, 0.4) is 0 Å². The summed E-state index contributed by atoms with van der Waals surface area (Å²) in [5.74, 6) is -1.62. The Labute approximate surface area is 91.6 Å². The minimum absolute atomic E-state index is 0.0909. The molecule has 1 aromatic rings. The number of ether oxygens (including phenoxy) is 2. The largest absolute Gasteiger partial charge is 0.476 e. The summed E-state index contributed by atoms with van der Waals surface area (Å²) >= 11 is 0. The zero-order valence-electron chi connectivity index (χ0n) is 8.65. The van der Waals surface area contributed by atoms with Crippen LogP contribution < -0.4 is 0 Å². The van der Waals surface area contributed by atoms with E-state index in [9.17, 15) is 4.79 Å². The molecule has 1 aromatic heterocycles. The molecular weight excluding hydrogens is 212 g/mol. The number of fused-ring (bicyclic) bond motifs is 1. The maximum Gasteiger partial charge on any atom is 0.356 e. The van der Waals surface area contributed by atoms with Crippen LogP contribution in [-0.4, -0.2) is 40.3 Å². The first-order valence-electron chi connectivity index (χ1n) is 5.27. The Morgan fingerprint density at radius 1 is 1.44 bits per heavy atom. The molecular formula is C10H12N2O4. The van der Waals surface area contributed by atoms with E-state index in [0.29, 0.717) is 19.6 Å². The second-order valence-electron chi connectivity index (χ2n) is 4.12. The summed E-state index contributed by atoms with van der Waals surface area (Å²) in [7, 11) is 0. The third-order valence-corrected chi connectivity index (χ3v) is 3.17. The van der Waals surface area contributed by atoms with Crippen molar-refractivity contribution < 1.29 is 19.4 Å². The molecule has 1 aliphatic carbocycles. The Morgan fingerprint density at radius 2 is 2.19 bits per heavy atom. The SMILES string of the molecule is O=C(O)c1n[nH]c2c1CC1(CC2)OCCO1. The van der Waals surface area contributed by atoms with Gasteiger partial charge in [-0.3, -0.25) is 5.10 Å². The molecule has 6 heteroatoms. The van der Waals surface area contributed by atoms with E-state index in [4.69, 9.17) is 14.6 Å². The first kappa shape index (κ1) is 9.80. The molecule has 0 saturated carbocycles. The average Bonchev–Trinajstić information content (AvgIpc) is 2.85. The standard InChI is InChI=1S/C10H12N2O4/c13-9(14)8-6-5-10(15-3-4-16-10)2-1-7(6)11-12-8/h1-5H2,(H,11,12)(H,13,14). The lowest BCUT2D eigenvalue weighted by Gasteiger charge is -2.31. The molecule has 1 fully saturated rings. The minimum atomic E-state index is -1.01. The first-order valence-corrected chi connectivity index (χ1v) is 5.27. The highest BCUT2D eigenvalue weighted by molar-refractivity contribution is 5.87. The van der Waals surface area contributed by atoms with Crippen LogP contribution in [0.4, 0.5) is 0 Å². The van der Waals surface area contributed by atoms with Gasteiger partial charge >= 0.3 is 5.97 Å². The molecule has 0 unspecified atom stereocenters. The normalized spacial score (nSPS) is 22.2. The molecule has 0 radical (unpaired) electrons. The maximum absolute atomic E-state index is 11.0. The third kappa shape index (κ3) is 1.34. The van der Waals surface area contributed by atoms with Gasteiger partial charge in [-0.1, -0.05) is 0 Å². The highest BCUT2D eigenvalue weighted by Gasteiger charge is 2.42. The van der Waals surface area contributed by atoms with E-state index >= 15 is 0 Å². The van der Waals surface area contributed by atoms with Crippen molar-refractivity contribution in [1.82, 2.24) is 10.2 Å². The summed E-state index contributed by atoms with van der Waals surface area (Å²) < 4.78 is 11.2. The predicted octanol–water partition coefficient (Wildman–Crippen LogP) is 0.340. The van der Waals surface area contributed by atoms with Gasteiger partial charge < -0.3 is 14.6 Å². The van der Waals surface area contributed by atoms with Gasteiger partial charge in [0.25, 0.3) is 0 Å². The Bertz CT molecular complexity index is 434. The number of nitrogens with one attached hydrogen (secondary N) is 1. The average molecular weight is 224 g/mol. The van der Waals surface area contributed by atoms with Crippen LogP contribution in [0.25, 0.3) is 0 Å². The topological polar surface area (TPSA) is 84.4 Å². The van der Waals surface area contributed by atoms with Gasteiger partial charge in [-0.05, 0) is 6.42 Å². The van der Waals surface area contributed by atoms with Gasteiger partial charge in [0.2, 0.25) is 0 Å². The van der Waals surface area contributed by atoms with Gasteiger partial charge in [0.15, 0.2) is 11.5 Å². The number of carbonyl (C=O) groups is 1. The second-order valence-corrected chi connectivity index (χ2v) is 4.12. The van der Waals surface area contributed by atoms with Crippen molar-refractivity contribution in [2.75, 3.05) is 13.2 Å². The molecule has 0 bridgehead atoms. The van der Waals surface area contributed by atoms with Crippen molar-refractivity contribution in [3.05, 3.63) is 17.0 Å². The number of aryl methyl sites for hydroxylation is 1. The Hall–Kier alpha value is -1.40. The fraction of sp³-hybridized carbons (Fsp3) is 0.600. The number of nitrogens with zero attached hydrogens (tertiary/aromatic N) is 1. The lowest BCUT2D eigenvalue weighted by molar-refractivity contribution is -0.163. The molecule has 0 aromatic carbocycles.